The van der Waals surface area contributed by atoms with Gasteiger partial charge in [-0.2, -0.15) is 0 Å². The highest BCUT2D eigenvalue weighted by Gasteiger charge is 2.37. The Balaban J connectivity index is 3.38. The quantitative estimate of drug-likeness (QED) is 0.625. The fourth-order valence-electron chi connectivity index (χ4n) is 3.05. The predicted molar refractivity (Wildman–Crippen MR) is 91.0 cm³/mol. The summed E-state index contributed by atoms with van der Waals surface area (Å²) in [7, 11) is 4.37. The van der Waals surface area contributed by atoms with E-state index in [2.05, 4.69) is 73.5 Å². The molecule has 1 atom stereocenters. The molecule has 0 saturated heterocycles. The van der Waals surface area contributed by atoms with Gasteiger partial charge in [0, 0.05) is 6.04 Å². The van der Waals surface area contributed by atoms with Gasteiger partial charge < -0.3 is 4.90 Å². The van der Waals surface area contributed by atoms with Crippen LogP contribution in [0.3, 0.4) is 0 Å². The minimum absolute atomic E-state index is 0.272. The molecule has 0 aliphatic heterocycles. The van der Waals surface area contributed by atoms with Gasteiger partial charge in [-0.1, -0.05) is 53.2 Å². The third kappa shape index (κ3) is 3.19. The zero-order valence-electron chi connectivity index (χ0n) is 15.2. The van der Waals surface area contributed by atoms with Gasteiger partial charge in [-0.25, -0.2) is 0 Å². The van der Waals surface area contributed by atoms with Crippen LogP contribution in [0.5, 0.6) is 0 Å². The summed E-state index contributed by atoms with van der Waals surface area (Å²) in [6.07, 6.45) is 6.05. The van der Waals surface area contributed by atoms with Crippen molar-refractivity contribution < 1.29 is 0 Å². The van der Waals surface area contributed by atoms with E-state index in [9.17, 15) is 0 Å². The third-order valence-corrected chi connectivity index (χ3v) is 5.60. The molecule has 1 heteroatoms. The van der Waals surface area contributed by atoms with Crippen molar-refractivity contribution in [2.75, 3.05) is 14.1 Å². The first-order chi connectivity index (χ1) is 9.08. The summed E-state index contributed by atoms with van der Waals surface area (Å²) in [5.41, 5.74) is 5.47. The van der Waals surface area contributed by atoms with Gasteiger partial charge in [0.2, 0.25) is 0 Å². The van der Waals surface area contributed by atoms with Crippen LogP contribution >= 0.6 is 0 Å². The van der Waals surface area contributed by atoms with Crippen LogP contribution < -0.4 is 0 Å². The highest BCUT2D eigenvalue weighted by atomic mass is 15.1. The van der Waals surface area contributed by atoms with E-state index >= 15 is 0 Å². The molecule has 0 spiro atoms. The average Bonchev–Trinajstić information content (AvgIpc) is 2.83. The lowest BCUT2D eigenvalue weighted by molar-refractivity contribution is 0.333. The Hall–Kier alpha value is -0.560. The van der Waals surface area contributed by atoms with Crippen LogP contribution in [0.25, 0.3) is 0 Å². The van der Waals surface area contributed by atoms with Gasteiger partial charge in [-0.3, -0.25) is 0 Å². The van der Waals surface area contributed by atoms with E-state index in [1.165, 1.54) is 12.8 Å². The van der Waals surface area contributed by atoms with Gasteiger partial charge in [-0.05, 0) is 62.3 Å². The second kappa shape index (κ2) is 6.05. The van der Waals surface area contributed by atoms with Gasteiger partial charge in [0.1, 0.15) is 0 Å². The van der Waals surface area contributed by atoms with Crippen molar-refractivity contribution >= 4 is 0 Å². The number of allylic oxidation sites excluding steroid dienone is 2. The first-order valence-electron chi connectivity index (χ1n) is 8.19. The van der Waals surface area contributed by atoms with Gasteiger partial charge in [0.15, 0.2) is 0 Å². The Morgan fingerprint density at radius 2 is 1.55 bits per heavy atom. The van der Waals surface area contributed by atoms with Crippen molar-refractivity contribution in [3.8, 4) is 0 Å². The molecule has 20 heavy (non-hydrogen) atoms. The van der Waals surface area contributed by atoms with Crippen LogP contribution in [0.1, 0.15) is 67.7 Å². The van der Waals surface area contributed by atoms with Crippen molar-refractivity contribution in [2.24, 2.45) is 10.8 Å². The molecular weight excluding hydrogens is 242 g/mol. The maximum absolute atomic E-state index is 2.49. The summed E-state index contributed by atoms with van der Waals surface area (Å²) in [4.78, 5) is 2.33. The van der Waals surface area contributed by atoms with E-state index < -0.39 is 0 Å². The van der Waals surface area contributed by atoms with Crippen molar-refractivity contribution in [3.05, 3.63) is 22.8 Å². The maximum Gasteiger partial charge on any atom is 0.0313 e. The zero-order valence-corrected chi connectivity index (χ0v) is 15.2. The molecule has 0 radical (unpaired) electrons. The molecule has 1 nitrogen and oxygen atoms in total. The Labute approximate surface area is 127 Å². The Bertz CT molecular complexity index is 407. The fourth-order valence-corrected chi connectivity index (χ4v) is 3.05. The molecule has 0 heterocycles. The highest BCUT2D eigenvalue weighted by molar-refractivity contribution is 5.50. The van der Waals surface area contributed by atoms with Crippen LogP contribution in [-0.2, 0) is 0 Å². The van der Waals surface area contributed by atoms with E-state index in [4.69, 9.17) is 0 Å². The summed E-state index contributed by atoms with van der Waals surface area (Å²) in [6, 6.07) is 0.501. The second-order valence-corrected chi connectivity index (χ2v) is 7.83. The first kappa shape index (κ1) is 17.5. The van der Waals surface area contributed by atoms with E-state index in [-0.39, 0.29) is 5.41 Å². The van der Waals surface area contributed by atoms with E-state index in [0.717, 1.165) is 6.42 Å². The van der Waals surface area contributed by atoms with Crippen LogP contribution in [0, 0.1) is 10.8 Å². The van der Waals surface area contributed by atoms with Gasteiger partial charge in [0.05, 0.1) is 0 Å². The van der Waals surface area contributed by atoms with Gasteiger partial charge >= 0.3 is 0 Å². The molecule has 0 aromatic carbocycles. The molecule has 1 aliphatic rings. The summed E-state index contributed by atoms with van der Waals surface area (Å²) < 4.78 is 0. The van der Waals surface area contributed by atoms with E-state index in [1.807, 2.05) is 0 Å². The number of likely N-dealkylation sites (N-methyl/N-ethyl adjacent to an activating group) is 1. The maximum atomic E-state index is 2.49. The summed E-state index contributed by atoms with van der Waals surface area (Å²) in [5.74, 6) is 0. The summed E-state index contributed by atoms with van der Waals surface area (Å²) in [6.45, 7) is 16.6. The molecule has 0 fully saturated rings. The molecule has 0 aromatic heterocycles. The summed E-state index contributed by atoms with van der Waals surface area (Å²) >= 11 is 0. The molecule has 0 N–H and O–H groups in total. The molecule has 1 rings (SSSR count). The molecule has 1 aliphatic carbocycles. The molecule has 0 aromatic rings. The smallest absolute Gasteiger partial charge is 0.0313 e. The lowest BCUT2D eigenvalue weighted by Crippen LogP contribution is -2.31. The van der Waals surface area contributed by atoms with Crippen LogP contribution in [0.4, 0.5) is 0 Å². The normalized spacial score (nSPS) is 18.8. The number of hydrogen-bond acceptors (Lipinski definition) is 1. The van der Waals surface area contributed by atoms with Crippen molar-refractivity contribution in [1.29, 1.82) is 0 Å². The topological polar surface area (TPSA) is 3.24 Å². The zero-order chi connectivity index (χ0) is 15.7. The lowest BCUT2D eigenvalue weighted by Gasteiger charge is -2.37. The predicted octanol–water partition coefficient (Wildman–Crippen LogP) is 5.44. The molecule has 0 bridgehead atoms. The minimum atomic E-state index is 0.272. The van der Waals surface area contributed by atoms with Gasteiger partial charge in [-0.15, -0.1) is 0 Å². The van der Waals surface area contributed by atoms with E-state index in [0.29, 0.717) is 11.5 Å². The first-order valence-corrected chi connectivity index (χ1v) is 8.19. The van der Waals surface area contributed by atoms with E-state index in [1.54, 1.807) is 16.7 Å². The minimum Gasteiger partial charge on any atom is -0.303 e. The van der Waals surface area contributed by atoms with Crippen LogP contribution in [0.2, 0.25) is 0 Å². The molecule has 0 amide bonds. The molecule has 0 saturated carbocycles. The van der Waals surface area contributed by atoms with Crippen molar-refractivity contribution in [2.45, 2.75) is 73.8 Å². The third-order valence-electron chi connectivity index (χ3n) is 5.60. The summed E-state index contributed by atoms with van der Waals surface area (Å²) in [5, 5.41) is 0. The molecule has 116 valence electrons. The standard InChI is InChI=1S/C19H35N/c1-10-18(4,5)16-13-12-15(14(3)20(8)9)17(16)19(6,7)11-2/h12,14H,10-11,13H2,1-9H3. The second-order valence-electron chi connectivity index (χ2n) is 7.83. The number of hydrogen-bond donors (Lipinski definition) is 0. The van der Waals surface area contributed by atoms with Crippen molar-refractivity contribution in [3.63, 3.8) is 0 Å². The SMILES string of the molecule is CCC(C)(C)C1=C(C(C)(C)CC)C(C(C)N(C)C)=CC1. The monoisotopic (exact) mass is 277 g/mol. The number of rotatable bonds is 6. The van der Waals surface area contributed by atoms with Crippen LogP contribution in [-0.4, -0.2) is 25.0 Å². The largest absolute Gasteiger partial charge is 0.303 e. The lowest BCUT2D eigenvalue weighted by atomic mass is 9.70. The Kier molecular flexibility index (Phi) is 5.29. The average molecular weight is 277 g/mol. The van der Waals surface area contributed by atoms with Crippen LogP contribution in [0.15, 0.2) is 22.8 Å². The highest BCUT2D eigenvalue weighted by Crippen LogP contribution is 2.49. The van der Waals surface area contributed by atoms with Crippen molar-refractivity contribution in [1.82, 2.24) is 4.90 Å². The number of nitrogens with zero attached hydrogens (tertiary/aromatic N) is 1. The molecular formula is C19H35N. The van der Waals surface area contributed by atoms with Gasteiger partial charge in [0.25, 0.3) is 0 Å². The Morgan fingerprint density at radius 1 is 1.05 bits per heavy atom. The molecule has 1 unspecified atom stereocenters. The Morgan fingerprint density at radius 3 is 1.95 bits per heavy atom. The fraction of sp³-hybridized carbons (Fsp3) is 0.789.